The molecule has 2 N–H and O–H groups in total. The Balaban J connectivity index is 1.54. The predicted octanol–water partition coefficient (Wildman–Crippen LogP) is 1.70. The molecule has 1 aromatic carbocycles. The molecule has 3 aromatic rings. The number of esters is 1. The van der Waals surface area contributed by atoms with Crippen LogP contribution in [0.25, 0.3) is 11.3 Å². The number of nitrogens with one attached hydrogen (secondary N) is 2. The van der Waals surface area contributed by atoms with Crippen LogP contribution in [0.1, 0.15) is 23.4 Å². The van der Waals surface area contributed by atoms with Crippen LogP contribution < -0.4 is 11.2 Å². The highest BCUT2D eigenvalue weighted by molar-refractivity contribution is 5.69. The highest BCUT2D eigenvalue weighted by Gasteiger charge is 2.12. The molecule has 0 aliphatic rings. The fourth-order valence-corrected chi connectivity index (χ4v) is 2.50. The lowest BCUT2D eigenvalue weighted by atomic mass is 10.1. The van der Waals surface area contributed by atoms with Crippen molar-refractivity contribution in [3.63, 3.8) is 0 Å². The van der Waals surface area contributed by atoms with E-state index in [1.54, 1.807) is 13.0 Å². The van der Waals surface area contributed by atoms with Crippen LogP contribution in [0.15, 0.2) is 50.5 Å². The van der Waals surface area contributed by atoms with Crippen LogP contribution in [-0.4, -0.2) is 21.1 Å². The summed E-state index contributed by atoms with van der Waals surface area (Å²) in [5.41, 5.74) is 1.29. The minimum atomic E-state index is -0.571. The van der Waals surface area contributed by atoms with Crippen molar-refractivity contribution in [2.24, 2.45) is 0 Å². The average molecular weight is 355 g/mol. The quantitative estimate of drug-likeness (QED) is 0.650. The van der Waals surface area contributed by atoms with Gasteiger partial charge in [-0.25, -0.2) is 4.79 Å². The molecule has 0 amide bonds. The van der Waals surface area contributed by atoms with E-state index < -0.39 is 17.2 Å². The summed E-state index contributed by atoms with van der Waals surface area (Å²) in [6.07, 6.45) is 0.179. The van der Waals surface area contributed by atoms with Gasteiger partial charge in [0.1, 0.15) is 5.69 Å². The Morgan fingerprint density at radius 3 is 2.69 bits per heavy atom. The van der Waals surface area contributed by atoms with E-state index in [9.17, 15) is 14.4 Å². The first-order valence-electron chi connectivity index (χ1n) is 8.01. The molecule has 0 atom stereocenters. The number of aryl methyl sites for hydroxylation is 1. The Labute approximate surface area is 147 Å². The van der Waals surface area contributed by atoms with Gasteiger partial charge in [-0.15, -0.1) is 0 Å². The van der Waals surface area contributed by atoms with Crippen LogP contribution in [0.4, 0.5) is 0 Å². The van der Waals surface area contributed by atoms with E-state index in [-0.39, 0.29) is 19.4 Å². The maximum absolute atomic E-state index is 11.9. The minimum absolute atomic E-state index is 0.00957. The summed E-state index contributed by atoms with van der Waals surface area (Å²) in [4.78, 5) is 39.4. The molecule has 0 aliphatic carbocycles. The van der Waals surface area contributed by atoms with Crippen LogP contribution in [-0.2, 0) is 22.6 Å². The first-order valence-corrected chi connectivity index (χ1v) is 8.01. The van der Waals surface area contributed by atoms with E-state index in [0.717, 1.165) is 5.56 Å². The number of carbonyl (C=O) groups excluding carboxylic acids is 1. The molecule has 8 nitrogen and oxygen atoms in total. The van der Waals surface area contributed by atoms with Gasteiger partial charge in [-0.05, 0) is 13.3 Å². The number of carbonyl (C=O) groups is 1. The summed E-state index contributed by atoms with van der Waals surface area (Å²) in [7, 11) is 0. The van der Waals surface area contributed by atoms with Crippen molar-refractivity contribution >= 4 is 5.97 Å². The Bertz CT molecular complexity index is 1020. The number of rotatable bonds is 6. The number of aromatic amines is 2. The number of benzene rings is 1. The van der Waals surface area contributed by atoms with Gasteiger partial charge >= 0.3 is 11.7 Å². The molecular formula is C18H17N3O5. The van der Waals surface area contributed by atoms with Crippen molar-refractivity contribution in [3.8, 4) is 11.3 Å². The largest absolute Gasteiger partial charge is 0.457 e. The monoisotopic (exact) mass is 355 g/mol. The first kappa shape index (κ1) is 17.4. The van der Waals surface area contributed by atoms with E-state index in [2.05, 4.69) is 15.1 Å². The lowest BCUT2D eigenvalue weighted by Crippen LogP contribution is -2.27. The Kier molecular flexibility index (Phi) is 5.12. The lowest BCUT2D eigenvalue weighted by molar-refractivity contribution is -0.145. The number of H-pyrrole nitrogens is 2. The zero-order chi connectivity index (χ0) is 18.5. The van der Waals surface area contributed by atoms with Crippen molar-refractivity contribution in [2.75, 3.05) is 0 Å². The molecule has 134 valence electrons. The average Bonchev–Trinajstić information content (AvgIpc) is 3.09. The minimum Gasteiger partial charge on any atom is -0.457 e. The smallest absolute Gasteiger partial charge is 0.325 e. The Hall–Kier alpha value is -3.42. The molecule has 8 heteroatoms. The molecule has 0 aliphatic heterocycles. The van der Waals surface area contributed by atoms with Crippen LogP contribution in [0.2, 0.25) is 0 Å². The van der Waals surface area contributed by atoms with Crippen LogP contribution in [0, 0.1) is 6.92 Å². The lowest BCUT2D eigenvalue weighted by Gasteiger charge is -2.04. The van der Waals surface area contributed by atoms with Crippen molar-refractivity contribution in [3.05, 3.63) is 74.3 Å². The maximum Gasteiger partial charge on any atom is 0.325 e. The third-order valence-corrected chi connectivity index (χ3v) is 3.84. The molecule has 26 heavy (non-hydrogen) atoms. The second-order valence-electron chi connectivity index (χ2n) is 5.72. The Morgan fingerprint density at radius 1 is 1.19 bits per heavy atom. The zero-order valence-corrected chi connectivity index (χ0v) is 14.1. The molecule has 0 fully saturated rings. The summed E-state index contributed by atoms with van der Waals surface area (Å²) in [5, 5.41) is 3.94. The summed E-state index contributed by atoms with van der Waals surface area (Å²) >= 11 is 0. The fourth-order valence-electron chi connectivity index (χ4n) is 2.50. The molecule has 3 rings (SSSR count). The summed E-state index contributed by atoms with van der Waals surface area (Å²) in [6.45, 7) is 1.57. The highest BCUT2D eigenvalue weighted by Crippen LogP contribution is 2.19. The van der Waals surface area contributed by atoms with Gasteiger partial charge < -0.3 is 14.2 Å². The molecule has 0 bridgehead atoms. The molecule has 0 unspecified atom stereocenters. The molecule has 0 spiro atoms. The van der Waals surface area contributed by atoms with Crippen LogP contribution >= 0.6 is 0 Å². The summed E-state index contributed by atoms with van der Waals surface area (Å²) < 4.78 is 10.3. The van der Waals surface area contributed by atoms with Gasteiger partial charge in [-0.3, -0.25) is 14.6 Å². The summed E-state index contributed by atoms with van der Waals surface area (Å²) in [5.74, 6) is -0.0528. The van der Waals surface area contributed by atoms with Crippen LogP contribution in [0.5, 0.6) is 0 Å². The van der Waals surface area contributed by atoms with Crippen molar-refractivity contribution in [1.29, 1.82) is 0 Å². The van der Waals surface area contributed by atoms with Gasteiger partial charge in [0.25, 0.3) is 5.56 Å². The predicted molar refractivity (Wildman–Crippen MR) is 92.5 cm³/mol. The standard InChI is InChI=1S/C18H17N3O5/c1-11-14(17(23)20-18(24)19-11)7-8-16(22)25-10-13-9-15(21-26-13)12-5-3-2-4-6-12/h2-6,9H,7-8,10H2,1H3,(H2,19,20,23,24). The SMILES string of the molecule is Cc1[nH]c(=O)[nH]c(=O)c1CCC(=O)OCc1cc(-c2ccccc2)no1. The van der Waals surface area contributed by atoms with Gasteiger partial charge in [-0.2, -0.15) is 0 Å². The first-order chi connectivity index (χ1) is 12.5. The number of hydrogen-bond donors (Lipinski definition) is 2. The van der Waals surface area contributed by atoms with Crippen molar-refractivity contribution in [1.82, 2.24) is 15.1 Å². The van der Waals surface area contributed by atoms with Gasteiger partial charge in [0, 0.05) is 29.3 Å². The Morgan fingerprint density at radius 2 is 1.96 bits per heavy atom. The summed E-state index contributed by atoms with van der Waals surface area (Å²) in [6, 6.07) is 11.2. The topological polar surface area (TPSA) is 118 Å². The fraction of sp³-hybridized carbons (Fsp3) is 0.222. The number of aromatic nitrogens is 3. The molecule has 0 radical (unpaired) electrons. The number of nitrogens with zero attached hydrogens (tertiary/aromatic N) is 1. The zero-order valence-electron chi connectivity index (χ0n) is 14.1. The molecule has 2 heterocycles. The van der Waals surface area contributed by atoms with Gasteiger partial charge in [-0.1, -0.05) is 35.5 Å². The number of hydrogen-bond acceptors (Lipinski definition) is 6. The van der Waals surface area contributed by atoms with E-state index in [4.69, 9.17) is 9.26 Å². The van der Waals surface area contributed by atoms with Crippen molar-refractivity contribution < 1.29 is 14.1 Å². The molecule has 0 saturated heterocycles. The van der Waals surface area contributed by atoms with Gasteiger partial charge in [0.05, 0.1) is 0 Å². The number of ether oxygens (including phenoxy) is 1. The molecule has 0 saturated carbocycles. The van der Waals surface area contributed by atoms with Gasteiger partial charge in [0.15, 0.2) is 12.4 Å². The van der Waals surface area contributed by atoms with E-state index in [0.29, 0.717) is 22.7 Å². The van der Waals surface area contributed by atoms with E-state index >= 15 is 0 Å². The second kappa shape index (κ2) is 7.64. The molecular weight excluding hydrogens is 338 g/mol. The van der Waals surface area contributed by atoms with E-state index in [1.165, 1.54) is 0 Å². The van der Waals surface area contributed by atoms with E-state index in [1.807, 2.05) is 30.3 Å². The third kappa shape index (κ3) is 4.15. The second-order valence-corrected chi connectivity index (χ2v) is 5.72. The van der Waals surface area contributed by atoms with Crippen molar-refractivity contribution in [2.45, 2.75) is 26.4 Å². The third-order valence-electron chi connectivity index (χ3n) is 3.84. The van der Waals surface area contributed by atoms with Crippen LogP contribution in [0.3, 0.4) is 0 Å². The normalized spacial score (nSPS) is 10.7. The maximum atomic E-state index is 11.9. The molecule has 2 aromatic heterocycles. The van der Waals surface area contributed by atoms with Gasteiger partial charge in [0.2, 0.25) is 0 Å². The highest BCUT2D eigenvalue weighted by atomic mass is 16.5.